The molecule has 0 aliphatic carbocycles. The van der Waals surface area contributed by atoms with Crippen molar-refractivity contribution in [1.29, 1.82) is 0 Å². The highest BCUT2D eigenvalue weighted by Gasteiger charge is 2.16. The van der Waals surface area contributed by atoms with E-state index in [2.05, 4.69) is 33.0 Å². The lowest BCUT2D eigenvalue weighted by Crippen LogP contribution is -2.37. The number of carbonyl (C=O) groups excluding carboxylic acids is 1. The summed E-state index contributed by atoms with van der Waals surface area (Å²) in [5, 5.41) is 2.99. The number of hydrogen-bond acceptors (Lipinski definition) is 3. The van der Waals surface area contributed by atoms with Gasteiger partial charge in [0.2, 0.25) is 5.91 Å². The molecule has 0 heterocycles. The standard InChI is InChI=1S/C18H30N2O2/c1-14(15-7-9-16(22-6)10-8-15)20(5)13-17(21)19-12-11-18(2,3)4/h7-10,14H,11-13H2,1-6H3,(H,19,21). The van der Waals surface area contributed by atoms with Crippen LogP contribution in [0.2, 0.25) is 0 Å². The maximum Gasteiger partial charge on any atom is 0.234 e. The molecule has 1 aromatic carbocycles. The van der Waals surface area contributed by atoms with Gasteiger partial charge in [0.25, 0.3) is 0 Å². The summed E-state index contributed by atoms with van der Waals surface area (Å²) in [6.07, 6.45) is 0.983. The van der Waals surface area contributed by atoms with Gasteiger partial charge >= 0.3 is 0 Å². The van der Waals surface area contributed by atoms with Crippen LogP contribution in [-0.2, 0) is 4.79 Å². The Morgan fingerprint density at radius 2 is 1.86 bits per heavy atom. The number of likely N-dealkylation sites (N-methyl/N-ethyl adjacent to an activating group) is 1. The molecular formula is C18H30N2O2. The van der Waals surface area contributed by atoms with Crippen LogP contribution in [0, 0.1) is 5.41 Å². The molecule has 0 fully saturated rings. The summed E-state index contributed by atoms with van der Waals surface area (Å²) < 4.78 is 5.17. The normalized spacial score (nSPS) is 13.0. The van der Waals surface area contributed by atoms with Gasteiger partial charge in [-0.3, -0.25) is 9.69 Å². The molecule has 0 bridgehead atoms. The minimum absolute atomic E-state index is 0.0760. The van der Waals surface area contributed by atoms with Crippen LogP contribution in [0.5, 0.6) is 5.75 Å². The Labute approximate surface area is 134 Å². The average Bonchev–Trinajstić information content (AvgIpc) is 2.45. The largest absolute Gasteiger partial charge is 0.497 e. The van der Waals surface area contributed by atoms with Crippen LogP contribution in [0.15, 0.2) is 24.3 Å². The van der Waals surface area contributed by atoms with Crippen molar-refractivity contribution in [3.05, 3.63) is 29.8 Å². The molecule has 1 N–H and O–H groups in total. The van der Waals surface area contributed by atoms with E-state index in [1.807, 2.05) is 36.2 Å². The van der Waals surface area contributed by atoms with Gasteiger partial charge < -0.3 is 10.1 Å². The number of carbonyl (C=O) groups is 1. The number of hydrogen-bond donors (Lipinski definition) is 1. The lowest BCUT2D eigenvalue weighted by atomic mass is 9.92. The summed E-state index contributed by atoms with van der Waals surface area (Å²) in [5.74, 6) is 0.922. The Bertz CT molecular complexity index is 463. The summed E-state index contributed by atoms with van der Waals surface area (Å²) >= 11 is 0. The molecule has 0 aliphatic heterocycles. The second-order valence-corrected chi connectivity index (χ2v) is 7.02. The Morgan fingerprint density at radius 1 is 1.27 bits per heavy atom. The number of amides is 1. The van der Waals surface area contributed by atoms with E-state index in [1.54, 1.807) is 7.11 Å². The van der Waals surface area contributed by atoms with E-state index >= 15 is 0 Å². The first-order valence-corrected chi connectivity index (χ1v) is 7.84. The Morgan fingerprint density at radius 3 is 2.36 bits per heavy atom. The van der Waals surface area contributed by atoms with Crippen molar-refractivity contribution >= 4 is 5.91 Å². The lowest BCUT2D eigenvalue weighted by Gasteiger charge is -2.25. The van der Waals surface area contributed by atoms with Gasteiger partial charge in [-0.15, -0.1) is 0 Å². The van der Waals surface area contributed by atoms with Crippen LogP contribution in [0.4, 0.5) is 0 Å². The van der Waals surface area contributed by atoms with Crippen LogP contribution < -0.4 is 10.1 Å². The van der Waals surface area contributed by atoms with Gasteiger partial charge in [-0.1, -0.05) is 32.9 Å². The first-order chi connectivity index (χ1) is 10.2. The first-order valence-electron chi connectivity index (χ1n) is 7.84. The van der Waals surface area contributed by atoms with E-state index in [9.17, 15) is 4.79 Å². The Kier molecular flexibility index (Phi) is 6.88. The van der Waals surface area contributed by atoms with Gasteiger partial charge in [0, 0.05) is 12.6 Å². The molecule has 22 heavy (non-hydrogen) atoms. The highest BCUT2D eigenvalue weighted by atomic mass is 16.5. The van der Waals surface area contributed by atoms with Gasteiger partial charge in [-0.05, 0) is 43.5 Å². The fourth-order valence-electron chi connectivity index (χ4n) is 2.13. The highest BCUT2D eigenvalue weighted by Crippen LogP contribution is 2.21. The number of methoxy groups -OCH3 is 1. The minimum atomic E-state index is 0.0760. The fraction of sp³-hybridized carbons (Fsp3) is 0.611. The van der Waals surface area contributed by atoms with Crippen molar-refractivity contribution in [2.45, 2.75) is 40.2 Å². The fourth-order valence-corrected chi connectivity index (χ4v) is 2.13. The smallest absolute Gasteiger partial charge is 0.234 e. The summed E-state index contributed by atoms with van der Waals surface area (Å²) in [6.45, 7) is 9.76. The lowest BCUT2D eigenvalue weighted by molar-refractivity contribution is -0.122. The molecule has 0 aliphatic rings. The molecule has 1 atom stereocenters. The second kappa shape index (κ2) is 8.18. The van der Waals surface area contributed by atoms with Crippen molar-refractivity contribution in [1.82, 2.24) is 10.2 Å². The van der Waals surface area contributed by atoms with Gasteiger partial charge in [0.15, 0.2) is 0 Å². The van der Waals surface area contributed by atoms with Crippen molar-refractivity contribution in [3.8, 4) is 5.75 Å². The zero-order chi connectivity index (χ0) is 16.8. The quantitative estimate of drug-likeness (QED) is 0.841. The monoisotopic (exact) mass is 306 g/mol. The second-order valence-electron chi connectivity index (χ2n) is 7.02. The van der Waals surface area contributed by atoms with E-state index in [4.69, 9.17) is 4.74 Å². The number of ether oxygens (including phenoxy) is 1. The van der Waals surface area contributed by atoms with E-state index in [0.29, 0.717) is 6.54 Å². The Balaban J connectivity index is 2.45. The zero-order valence-electron chi connectivity index (χ0n) is 14.8. The highest BCUT2D eigenvalue weighted by molar-refractivity contribution is 5.78. The molecule has 0 saturated heterocycles. The van der Waals surface area contributed by atoms with E-state index in [-0.39, 0.29) is 17.4 Å². The summed E-state index contributed by atoms with van der Waals surface area (Å²) in [7, 11) is 3.63. The topological polar surface area (TPSA) is 41.6 Å². The van der Waals surface area contributed by atoms with Crippen LogP contribution in [0.1, 0.15) is 45.7 Å². The van der Waals surface area contributed by atoms with E-state index in [0.717, 1.165) is 18.7 Å². The molecular weight excluding hydrogens is 276 g/mol. The maximum atomic E-state index is 12.0. The molecule has 4 heteroatoms. The third-order valence-electron chi connectivity index (χ3n) is 3.85. The van der Waals surface area contributed by atoms with Crippen molar-refractivity contribution < 1.29 is 9.53 Å². The van der Waals surface area contributed by atoms with E-state index in [1.165, 1.54) is 5.56 Å². The molecule has 0 saturated carbocycles. The van der Waals surface area contributed by atoms with E-state index < -0.39 is 0 Å². The number of benzene rings is 1. The SMILES string of the molecule is COc1ccc(C(C)N(C)CC(=O)NCCC(C)(C)C)cc1. The third kappa shape index (κ3) is 6.48. The van der Waals surface area contributed by atoms with Gasteiger partial charge in [0.05, 0.1) is 13.7 Å². The predicted molar refractivity (Wildman–Crippen MR) is 91.1 cm³/mol. The maximum absolute atomic E-state index is 12.0. The molecule has 1 amide bonds. The predicted octanol–water partition coefficient (Wildman–Crippen LogP) is 3.24. The Hall–Kier alpha value is -1.55. The summed E-state index contributed by atoms with van der Waals surface area (Å²) in [5.41, 5.74) is 1.42. The average molecular weight is 306 g/mol. The summed E-state index contributed by atoms with van der Waals surface area (Å²) in [4.78, 5) is 14.1. The van der Waals surface area contributed by atoms with Crippen molar-refractivity contribution in [2.24, 2.45) is 5.41 Å². The zero-order valence-corrected chi connectivity index (χ0v) is 14.8. The first kappa shape index (κ1) is 18.5. The van der Waals surface area contributed by atoms with Gasteiger partial charge in [0.1, 0.15) is 5.75 Å². The number of nitrogens with zero attached hydrogens (tertiary/aromatic N) is 1. The minimum Gasteiger partial charge on any atom is -0.497 e. The molecule has 0 radical (unpaired) electrons. The molecule has 0 aromatic heterocycles. The molecule has 0 spiro atoms. The van der Waals surface area contributed by atoms with Crippen LogP contribution in [0.25, 0.3) is 0 Å². The molecule has 124 valence electrons. The van der Waals surface area contributed by atoms with Crippen LogP contribution in [-0.4, -0.2) is 38.1 Å². The van der Waals surface area contributed by atoms with Crippen LogP contribution in [0.3, 0.4) is 0 Å². The summed E-state index contributed by atoms with van der Waals surface area (Å²) in [6, 6.07) is 8.15. The van der Waals surface area contributed by atoms with Crippen molar-refractivity contribution in [3.63, 3.8) is 0 Å². The molecule has 1 unspecified atom stereocenters. The van der Waals surface area contributed by atoms with Gasteiger partial charge in [-0.2, -0.15) is 0 Å². The molecule has 4 nitrogen and oxygen atoms in total. The molecule has 1 rings (SSSR count). The number of rotatable bonds is 7. The molecule has 1 aromatic rings. The van der Waals surface area contributed by atoms with Gasteiger partial charge in [-0.25, -0.2) is 0 Å². The van der Waals surface area contributed by atoms with Crippen LogP contribution >= 0.6 is 0 Å². The number of nitrogens with one attached hydrogen (secondary N) is 1. The van der Waals surface area contributed by atoms with Crippen molar-refractivity contribution in [2.75, 3.05) is 27.2 Å². The third-order valence-corrected chi connectivity index (χ3v) is 3.85.